The Bertz CT molecular complexity index is 564. The highest BCUT2D eigenvalue weighted by Crippen LogP contribution is 2.20. The second-order valence-electron chi connectivity index (χ2n) is 4.50. The van der Waals surface area contributed by atoms with Crippen molar-refractivity contribution in [3.05, 3.63) is 63.6 Å². The number of nitro groups is 1. The van der Waals surface area contributed by atoms with Crippen molar-refractivity contribution in [1.82, 2.24) is 5.32 Å². The molecule has 19 heavy (non-hydrogen) atoms. The Morgan fingerprint density at radius 2 is 2.21 bits per heavy atom. The van der Waals surface area contributed by atoms with Crippen LogP contribution in [0.15, 0.2) is 41.0 Å². The van der Waals surface area contributed by atoms with Crippen molar-refractivity contribution in [3.8, 4) is 0 Å². The molecule has 0 saturated carbocycles. The Balaban J connectivity index is 2.04. The Morgan fingerprint density at radius 3 is 2.84 bits per heavy atom. The van der Waals surface area contributed by atoms with Gasteiger partial charge < -0.3 is 9.73 Å². The summed E-state index contributed by atoms with van der Waals surface area (Å²) in [6.07, 6.45) is 1.63. The van der Waals surface area contributed by atoms with Gasteiger partial charge in [0.15, 0.2) is 0 Å². The van der Waals surface area contributed by atoms with Crippen molar-refractivity contribution in [2.45, 2.75) is 26.4 Å². The van der Waals surface area contributed by atoms with Gasteiger partial charge in [0.05, 0.1) is 17.2 Å². The summed E-state index contributed by atoms with van der Waals surface area (Å²) in [5, 5.41) is 14.1. The van der Waals surface area contributed by atoms with Gasteiger partial charge in [0.25, 0.3) is 5.69 Å². The summed E-state index contributed by atoms with van der Waals surface area (Å²) in [6, 6.07) is 9.07. The fraction of sp³-hybridized carbons (Fsp3) is 0.286. The second kappa shape index (κ2) is 5.67. The lowest BCUT2D eigenvalue weighted by Crippen LogP contribution is -2.17. The van der Waals surface area contributed by atoms with Crippen LogP contribution in [0.25, 0.3) is 0 Å². The monoisotopic (exact) mass is 260 g/mol. The molecule has 0 amide bonds. The average Bonchev–Trinajstić information content (AvgIpc) is 2.91. The van der Waals surface area contributed by atoms with Gasteiger partial charge in [-0.25, -0.2) is 0 Å². The van der Waals surface area contributed by atoms with Crippen LogP contribution in [0.2, 0.25) is 0 Å². The topological polar surface area (TPSA) is 68.3 Å². The Labute approximate surface area is 111 Å². The average molecular weight is 260 g/mol. The van der Waals surface area contributed by atoms with Gasteiger partial charge >= 0.3 is 0 Å². The summed E-state index contributed by atoms with van der Waals surface area (Å²) < 4.78 is 5.29. The zero-order valence-electron chi connectivity index (χ0n) is 10.9. The minimum Gasteiger partial charge on any atom is -0.468 e. The Hall–Kier alpha value is -2.14. The van der Waals surface area contributed by atoms with Gasteiger partial charge in [0.2, 0.25) is 0 Å². The maximum absolute atomic E-state index is 10.9. The lowest BCUT2D eigenvalue weighted by atomic mass is 10.1. The molecule has 0 radical (unpaired) electrons. The molecule has 1 heterocycles. The number of nitrogens with zero attached hydrogens (tertiary/aromatic N) is 1. The van der Waals surface area contributed by atoms with Crippen molar-refractivity contribution in [2.24, 2.45) is 0 Å². The first-order valence-corrected chi connectivity index (χ1v) is 6.08. The molecule has 0 fully saturated rings. The minimum absolute atomic E-state index is 0.0651. The molecule has 5 nitrogen and oxygen atoms in total. The van der Waals surface area contributed by atoms with Gasteiger partial charge in [-0.2, -0.15) is 0 Å². The van der Waals surface area contributed by atoms with Crippen molar-refractivity contribution < 1.29 is 9.34 Å². The summed E-state index contributed by atoms with van der Waals surface area (Å²) in [5.74, 6) is 0.849. The highest BCUT2D eigenvalue weighted by molar-refractivity contribution is 5.42. The van der Waals surface area contributed by atoms with Crippen LogP contribution in [0.4, 0.5) is 5.69 Å². The van der Waals surface area contributed by atoms with Crippen LogP contribution in [0.1, 0.15) is 29.9 Å². The van der Waals surface area contributed by atoms with Gasteiger partial charge in [-0.3, -0.25) is 10.1 Å². The largest absolute Gasteiger partial charge is 0.468 e. The zero-order chi connectivity index (χ0) is 13.8. The number of hydrogen-bond donors (Lipinski definition) is 1. The molecule has 0 spiro atoms. The number of aryl methyl sites for hydroxylation is 1. The fourth-order valence-electron chi connectivity index (χ4n) is 1.87. The fourth-order valence-corrected chi connectivity index (χ4v) is 1.87. The van der Waals surface area contributed by atoms with E-state index < -0.39 is 0 Å². The molecule has 0 aliphatic heterocycles. The van der Waals surface area contributed by atoms with E-state index in [4.69, 9.17) is 4.42 Å². The molecule has 0 aliphatic rings. The molecule has 1 atom stereocenters. The summed E-state index contributed by atoms with van der Waals surface area (Å²) >= 11 is 0. The second-order valence-corrected chi connectivity index (χ2v) is 4.50. The van der Waals surface area contributed by atoms with E-state index >= 15 is 0 Å². The SMILES string of the molecule is Cc1ccc(CN[C@H](C)c2ccco2)cc1[N+](=O)[O-]. The van der Waals surface area contributed by atoms with Gasteiger partial charge in [0.1, 0.15) is 5.76 Å². The van der Waals surface area contributed by atoms with Crippen molar-refractivity contribution >= 4 is 5.69 Å². The molecule has 0 aliphatic carbocycles. The summed E-state index contributed by atoms with van der Waals surface area (Å²) in [6.45, 7) is 4.28. The maximum atomic E-state index is 10.9. The molecule has 1 N–H and O–H groups in total. The molecule has 0 bridgehead atoms. The smallest absolute Gasteiger partial charge is 0.272 e. The summed E-state index contributed by atoms with van der Waals surface area (Å²) in [5.41, 5.74) is 1.72. The standard InChI is InChI=1S/C14H16N2O3/c1-10-5-6-12(8-13(10)16(17)18)9-15-11(2)14-4-3-7-19-14/h3-8,11,15H,9H2,1-2H3/t11-/m1/s1. The molecular formula is C14H16N2O3. The third-order valence-electron chi connectivity index (χ3n) is 3.05. The number of furan rings is 1. The van der Waals surface area contributed by atoms with Crippen molar-refractivity contribution in [2.75, 3.05) is 0 Å². The highest BCUT2D eigenvalue weighted by atomic mass is 16.6. The van der Waals surface area contributed by atoms with E-state index in [9.17, 15) is 10.1 Å². The van der Waals surface area contributed by atoms with Crippen LogP contribution < -0.4 is 5.32 Å². The first kappa shape index (κ1) is 13.3. The molecule has 2 rings (SSSR count). The predicted octanol–water partition coefficient (Wildman–Crippen LogP) is 3.35. The number of nitro benzene ring substituents is 1. The van der Waals surface area contributed by atoms with Crippen LogP contribution in [0.5, 0.6) is 0 Å². The quantitative estimate of drug-likeness (QED) is 0.661. The van der Waals surface area contributed by atoms with Crippen LogP contribution in [0, 0.1) is 17.0 Å². The molecule has 2 aromatic rings. The summed E-state index contributed by atoms with van der Waals surface area (Å²) in [4.78, 5) is 10.5. The number of rotatable bonds is 5. The van der Waals surface area contributed by atoms with Gasteiger partial charge in [0, 0.05) is 18.2 Å². The molecule has 0 unspecified atom stereocenters. The molecule has 1 aromatic carbocycles. The lowest BCUT2D eigenvalue weighted by molar-refractivity contribution is -0.385. The van der Waals surface area contributed by atoms with E-state index in [0.29, 0.717) is 12.1 Å². The van der Waals surface area contributed by atoms with Crippen LogP contribution in [0.3, 0.4) is 0 Å². The number of benzene rings is 1. The molecule has 0 saturated heterocycles. The van der Waals surface area contributed by atoms with Crippen LogP contribution in [-0.2, 0) is 6.54 Å². The first-order chi connectivity index (χ1) is 9.08. The molecule has 100 valence electrons. The van der Waals surface area contributed by atoms with Crippen LogP contribution >= 0.6 is 0 Å². The van der Waals surface area contributed by atoms with E-state index in [1.54, 1.807) is 25.3 Å². The molecule has 5 heteroatoms. The number of hydrogen-bond acceptors (Lipinski definition) is 4. The van der Waals surface area contributed by atoms with Crippen molar-refractivity contribution in [3.63, 3.8) is 0 Å². The van der Waals surface area contributed by atoms with E-state index in [1.165, 1.54) is 0 Å². The zero-order valence-corrected chi connectivity index (χ0v) is 10.9. The third-order valence-corrected chi connectivity index (χ3v) is 3.05. The molecule has 1 aromatic heterocycles. The third kappa shape index (κ3) is 3.20. The van der Waals surface area contributed by atoms with Gasteiger partial charge in [-0.05, 0) is 31.5 Å². The predicted molar refractivity (Wildman–Crippen MR) is 71.8 cm³/mol. The Kier molecular flexibility index (Phi) is 3.97. The Morgan fingerprint density at radius 1 is 1.42 bits per heavy atom. The van der Waals surface area contributed by atoms with Gasteiger partial charge in [-0.1, -0.05) is 12.1 Å². The van der Waals surface area contributed by atoms with E-state index in [2.05, 4.69) is 5.32 Å². The minimum atomic E-state index is -0.352. The normalized spacial score (nSPS) is 12.3. The van der Waals surface area contributed by atoms with Crippen LogP contribution in [-0.4, -0.2) is 4.92 Å². The van der Waals surface area contributed by atoms with E-state index in [-0.39, 0.29) is 16.7 Å². The lowest BCUT2D eigenvalue weighted by Gasteiger charge is -2.11. The van der Waals surface area contributed by atoms with E-state index in [0.717, 1.165) is 11.3 Å². The molecular weight excluding hydrogens is 244 g/mol. The van der Waals surface area contributed by atoms with E-state index in [1.807, 2.05) is 25.1 Å². The maximum Gasteiger partial charge on any atom is 0.272 e. The first-order valence-electron chi connectivity index (χ1n) is 6.08. The summed E-state index contributed by atoms with van der Waals surface area (Å²) in [7, 11) is 0. The number of nitrogens with one attached hydrogen (secondary N) is 1. The van der Waals surface area contributed by atoms with Crippen molar-refractivity contribution in [1.29, 1.82) is 0 Å². The van der Waals surface area contributed by atoms with Gasteiger partial charge in [-0.15, -0.1) is 0 Å². The highest BCUT2D eigenvalue weighted by Gasteiger charge is 2.12.